The third-order valence-electron chi connectivity index (χ3n) is 8.41. The van der Waals surface area contributed by atoms with Crippen molar-refractivity contribution >= 4 is 60.1 Å². The Hall–Kier alpha value is 1.25. The van der Waals surface area contributed by atoms with Gasteiger partial charge in [0, 0.05) is 19.5 Å². The summed E-state index contributed by atoms with van der Waals surface area (Å²) in [5, 5.41) is 0. The molecule has 0 saturated heterocycles. The molecule has 0 unspecified atom stereocenters. The molecule has 0 spiro atoms. The van der Waals surface area contributed by atoms with Gasteiger partial charge in [-0.05, 0) is 54.5 Å². The molecule has 0 amide bonds. The van der Waals surface area contributed by atoms with Gasteiger partial charge in [-0.25, -0.2) is 0 Å². The van der Waals surface area contributed by atoms with E-state index < -0.39 is 0 Å². The van der Waals surface area contributed by atoms with Crippen LogP contribution < -0.4 is 0 Å². The summed E-state index contributed by atoms with van der Waals surface area (Å²) >= 11 is 17.3. The van der Waals surface area contributed by atoms with Crippen LogP contribution in [0.1, 0.15) is 158 Å². The molecule has 43 heavy (non-hydrogen) atoms. The summed E-state index contributed by atoms with van der Waals surface area (Å²) < 4.78 is 5.19. The summed E-state index contributed by atoms with van der Waals surface area (Å²) in [6.07, 6.45) is 22.1. The fourth-order valence-electron chi connectivity index (χ4n) is 5.55. The molecule has 0 radical (unpaired) electrons. The molecule has 254 valence electrons. The van der Waals surface area contributed by atoms with Gasteiger partial charge < -0.3 is 56.9 Å². The van der Waals surface area contributed by atoms with Crippen molar-refractivity contribution in [1.29, 1.82) is 0 Å². The zero-order valence-electron chi connectivity index (χ0n) is 30.1. The Morgan fingerprint density at radius 1 is 0.419 bits per heavy atom. The first-order chi connectivity index (χ1) is 20.2. The smallest absolute Gasteiger partial charge is 0.0786 e. The minimum atomic E-state index is 0. The van der Waals surface area contributed by atoms with Gasteiger partial charge in [-0.2, -0.15) is 0 Å². The average molecular weight is 747 g/mol. The van der Waals surface area contributed by atoms with Gasteiger partial charge >= 0.3 is 0 Å². The first-order valence-corrected chi connectivity index (χ1v) is 20.7. The Bertz CT molecular complexity index is 619. The largest absolute Gasteiger partial charge is 0.429 e. The summed E-state index contributed by atoms with van der Waals surface area (Å²) in [4.78, 5) is 0. The quantitative estimate of drug-likeness (QED) is 0.0448. The second kappa shape index (κ2) is 33.2. The van der Waals surface area contributed by atoms with E-state index in [4.69, 9.17) is 37.5 Å². The van der Waals surface area contributed by atoms with Gasteiger partial charge in [-0.1, -0.05) is 107 Å². The molecule has 0 saturated carbocycles. The predicted molar refractivity (Wildman–Crippen MR) is 203 cm³/mol. The molecule has 0 bridgehead atoms. The standard InChI is InChI=1S/2C16H36N.C3H2S5.Zn/c2*1-5-9-13-17(14-10-6-2,15-11-7-3)16-12-8-4;4-1-2(5)8-3(6)7-1;/h2*5-16H2,1-4H3;4-5H;/q2*+1;;/p-2. The van der Waals surface area contributed by atoms with Crippen molar-refractivity contribution in [3.05, 3.63) is 3.14 Å². The number of quaternary nitrogens is 2. The van der Waals surface area contributed by atoms with E-state index in [-0.39, 0.29) is 19.5 Å². The fraction of sp³-hybridized carbons (Fsp3) is 0.914. The summed E-state index contributed by atoms with van der Waals surface area (Å²) in [7, 11) is 0. The van der Waals surface area contributed by atoms with Crippen LogP contribution in [0.4, 0.5) is 0 Å². The maximum Gasteiger partial charge on any atom is 0.0786 e. The fourth-order valence-corrected chi connectivity index (χ4v) is 8.81. The van der Waals surface area contributed by atoms with E-state index in [2.05, 4.69) is 55.4 Å². The maximum absolute atomic E-state index is 4.83. The van der Waals surface area contributed by atoms with E-state index in [9.17, 15) is 0 Å². The van der Waals surface area contributed by atoms with E-state index in [1.807, 2.05) is 0 Å². The van der Waals surface area contributed by atoms with Gasteiger partial charge in [0.2, 0.25) is 0 Å². The Balaban J connectivity index is -0.000000584. The number of unbranched alkanes of at least 4 members (excludes halogenated alkanes) is 8. The number of hydrogen-bond donors (Lipinski definition) is 0. The summed E-state index contributed by atoms with van der Waals surface area (Å²) in [5.74, 6) is 0. The van der Waals surface area contributed by atoms with E-state index in [1.165, 1.54) is 187 Å². The summed E-state index contributed by atoms with van der Waals surface area (Å²) in [6.45, 7) is 30.0. The van der Waals surface area contributed by atoms with Crippen LogP contribution in [0.15, 0.2) is 8.42 Å². The number of rotatable bonds is 24. The zero-order valence-corrected chi connectivity index (χ0v) is 37.2. The third-order valence-corrected chi connectivity index (χ3v) is 11.9. The Morgan fingerprint density at radius 3 is 0.674 bits per heavy atom. The van der Waals surface area contributed by atoms with Crippen molar-refractivity contribution in [2.75, 3.05) is 52.4 Å². The third kappa shape index (κ3) is 26.0. The summed E-state index contributed by atoms with van der Waals surface area (Å²) in [6, 6.07) is 0. The van der Waals surface area contributed by atoms with Crippen LogP contribution in [0.5, 0.6) is 0 Å². The van der Waals surface area contributed by atoms with Gasteiger partial charge in [-0.3, -0.25) is 0 Å². The monoisotopic (exact) mass is 744 g/mol. The van der Waals surface area contributed by atoms with Gasteiger partial charge in [-0.15, -0.1) is 20.6 Å². The molecule has 0 aliphatic rings. The Labute approximate surface area is 308 Å². The topological polar surface area (TPSA) is 0 Å². The van der Waals surface area contributed by atoms with Crippen molar-refractivity contribution in [3.63, 3.8) is 0 Å². The maximum atomic E-state index is 4.83. The number of hydrogen-bond acceptors (Lipinski definition) is 5. The van der Waals surface area contributed by atoms with Crippen LogP contribution in [-0.2, 0) is 44.7 Å². The van der Waals surface area contributed by atoms with Crippen molar-refractivity contribution in [2.45, 2.75) is 167 Å². The van der Waals surface area contributed by atoms with Gasteiger partial charge in [0.05, 0.1) is 52.4 Å². The molecule has 0 aliphatic carbocycles. The molecule has 1 heterocycles. The Morgan fingerprint density at radius 2 is 0.581 bits per heavy atom. The van der Waals surface area contributed by atoms with Crippen molar-refractivity contribution < 1.29 is 28.4 Å². The first-order valence-electron chi connectivity index (χ1n) is 17.9. The molecule has 1 rings (SSSR count). The second-order valence-corrected chi connectivity index (χ2v) is 16.9. The summed E-state index contributed by atoms with van der Waals surface area (Å²) in [5.41, 5.74) is 0. The average Bonchev–Trinajstić information content (AvgIpc) is 3.30. The SMILES string of the molecule is CCCC[N+](CCCC)(CCCC)CCCC.CCCC[N+](CCCC)(CCCC)CCCC.S=c1sc([S-])c([S-])s1.[Zn]. The first kappa shape index (κ1) is 48.6. The molecule has 2 nitrogen and oxygen atoms in total. The molecule has 1 aromatic rings. The van der Waals surface area contributed by atoms with Gasteiger partial charge in [0.15, 0.2) is 0 Å². The minimum Gasteiger partial charge on any atom is -0.429 e. The molecular formula is C35H72N2S5Zn. The van der Waals surface area contributed by atoms with Crippen LogP contribution in [-0.4, -0.2) is 61.3 Å². The zero-order chi connectivity index (χ0) is 32.1. The van der Waals surface area contributed by atoms with Crippen molar-refractivity contribution in [1.82, 2.24) is 0 Å². The number of nitrogens with zero attached hydrogens (tertiary/aromatic N) is 2. The molecule has 8 heteroatoms. The predicted octanol–water partition coefficient (Wildman–Crippen LogP) is 12.4. The molecule has 0 atom stereocenters. The van der Waals surface area contributed by atoms with Crippen LogP contribution in [0, 0.1) is 3.14 Å². The van der Waals surface area contributed by atoms with Crippen LogP contribution in [0.3, 0.4) is 0 Å². The van der Waals surface area contributed by atoms with E-state index in [0.29, 0.717) is 0 Å². The molecule has 0 fully saturated rings. The van der Waals surface area contributed by atoms with Crippen molar-refractivity contribution in [2.24, 2.45) is 0 Å². The molecule has 0 aromatic carbocycles. The van der Waals surface area contributed by atoms with E-state index in [0.717, 1.165) is 11.6 Å². The normalized spacial score (nSPS) is 11.3. The molecular weight excluding hydrogens is 674 g/mol. The van der Waals surface area contributed by atoms with Gasteiger partial charge in [0.1, 0.15) is 0 Å². The van der Waals surface area contributed by atoms with Crippen molar-refractivity contribution in [3.8, 4) is 0 Å². The van der Waals surface area contributed by atoms with Crippen LogP contribution in [0.2, 0.25) is 0 Å². The van der Waals surface area contributed by atoms with Crippen LogP contribution in [0.25, 0.3) is 0 Å². The molecule has 0 N–H and O–H groups in total. The second-order valence-electron chi connectivity index (χ2n) is 12.3. The molecule has 0 aliphatic heterocycles. The minimum absolute atomic E-state index is 0. The molecule has 1 aromatic heterocycles. The van der Waals surface area contributed by atoms with E-state index >= 15 is 0 Å². The Kier molecular flexibility index (Phi) is 37.5. The van der Waals surface area contributed by atoms with Gasteiger partial charge in [0.25, 0.3) is 0 Å². The van der Waals surface area contributed by atoms with Crippen LogP contribution >= 0.6 is 34.9 Å². The van der Waals surface area contributed by atoms with E-state index in [1.54, 1.807) is 0 Å².